The van der Waals surface area contributed by atoms with Crippen molar-refractivity contribution < 1.29 is 17.9 Å². The van der Waals surface area contributed by atoms with E-state index in [1.54, 1.807) is 0 Å². The highest BCUT2D eigenvalue weighted by Gasteiger charge is 2.16. The normalized spacial score (nSPS) is 13.1. The number of amides is 1. The van der Waals surface area contributed by atoms with Gasteiger partial charge in [-0.05, 0) is 12.5 Å². The van der Waals surface area contributed by atoms with Gasteiger partial charge in [0.2, 0.25) is 10.0 Å². The zero-order valence-electron chi connectivity index (χ0n) is 9.71. The molecule has 0 aliphatic rings. The lowest BCUT2D eigenvalue weighted by molar-refractivity contribution is -0.130. The van der Waals surface area contributed by atoms with Crippen LogP contribution in [0.15, 0.2) is 30.3 Å². The monoisotopic (exact) mass is 257 g/mol. The van der Waals surface area contributed by atoms with Crippen molar-refractivity contribution >= 4 is 15.9 Å². The highest BCUT2D eigenvalue weighted by Crippen LogP contribution is 2.03. The summed E-state index contributed by atoms with van der Waals surface area (Å²) in [4.78, 5) is 11.4. The zero-order chi connectivity index (χ0) is 12.9. The first-order chi connectivity index (χ1) is 7.88. The molecule has 6 heteroatoms. The van der Waals surface area contributed by atoms with Crippen LogP contribution in [-0.4, -0.2) is 26.7 Å². The second-order valence-electron chi connectivity index (χ2n) is 3.68. The molecule has 94 valence electrons. The smallest absolute Gasteiger partial charge is 0.262 e. The second kappa shape index (κ2) is 5.79. The largest absolute Gasteiger partial charge is 0.364 e. The molecule has 1 aromatic carbocycles. The lowest BCUT2D eigenvalue weighted by atomic mass is 10.2. The molecular weight excluding hydrogens is 242 g/mol. The van der Waals surface area contributed by atoms with Crippen molar-refractivity contribution in [3.05, 3.63) is 35.9 Å². The fraction of sp³-hybridized carbons (Fsp3) is 0.364. The number of rotatable bonds is 5. The number of carbonyl (C=O) groups is 1. The Morgan fingerprint density at radius 1 is 1.35 bits per heavy atom. The summed E-state index contributed by atoms with van der Waals surface area (Å²) in [5.41, 5.74) is 0.923. The molecule has 0 heterocycles. The van der Waals surface area contributed by atoms with Crippen LogP contribution in [0.5, 0.6) is 0 Å². The summed E-state index contributed by atoms with van der Waals surface area (Å²) >= 11 is 0. The van der Waals surface area contributed by atoms with Crippen LogP contribution in [-0.2, 0) is 26.2 Å². The third-order valence-corrected chi connectivity index (χ3v) is 2.57. The van der Waals surface area contributed by atoms with Gasteiger partial charge in [0.1, 0.15) is 6.10 Å². The fourth-order valence-electron chi connectivity index (χ4n) is 1.14. The van der Waals surface area contributed by atoms with Crippen molar-refractivity contribution in [2.24, 2.45) is 0 Å². The van der Waals surface area contributed by atoms with E-state index in [1.807, 2.05) is 35.1 Å². The van der Waals surface area contributed by atoms with Gasteiger partial charge in [-0.1, -0.05) is 30.3 Å². The first kappa shape index (κ1) is 13.7. The Morgan fingerprint density at radius 2 is 1.94 bits per heavy atom. The number of benzene rings is 1. The SMILES string of the molecule is CC(OCc1ccccc1)C(=O)NS(C)(=O)=O. The number of nitrogens with one attached hydrogen (secondary N) is 1. The van der Waals surface area contributed by atoms with Crippen LogP contribution < -0.4 is 4.72 Å². The summed E-state index contributed by atoms with van der Waals surface area (Å²) < 4.78 is 28.8. The Bertz CT molecular complexity index is 470. The number of carbonyl (C=O) groups excluding carboxylic acids is 1. The van der Waals surface area contributed by atoms with E-state index in [9.17, 15) is 13.2 Å². The van der Waals surface area contributed by atoms with Crippen LogP contribution >= 0.6 is 0 Å². The molecule has 0 fully saturated rings. The van der Waals surface area contributed by atoms with Crippen LogP contribution in [0.2, 0.25) is 0 Å². The molecule has 0 aliphatic carbocycles. The van der Waals surface area contributed by atoms with Crippen LogP contribution in [0, 0.1) is 0 Å². The van der Waals surface area contributed by atoms with Crippen molar-refractivity contribution in [3.8, 4) is 0 Å². The van der Waals surface area contributed by atoms with Gasteiger partial charge in [0, 0.05) is 0 Å². The lowest BCUT2D eigenvalue weighted by Gasteiger charge is -2.12. The summed E-state index contributed by atoms with van der Waals surface area (Å²) in [6.45, 7) is 1.77. The molecule has 0 spiro atoms. The quantitative estimate of drug-likeness (QED) is 0.841. The third kappa shape index (κ3) is 5.46. The van der Waals surface area contributed by atoms with E-state index in [1.165, 1.54) is 6.92 Å². The summed E-state index contributed by atoms with van der Waals surface area (Å²) in [5, 5.41) is 0. The summed E-state index contributed by atoms with van der Waals surface area (Å²) in [7, 11) is -3.53. The van der Waals surface area contributed by atoms with Gasteiger partial charge in [0.25, 0.3) is 5.91 Å². The molecule has 0 saturated carbocycles. The number of hydrogen-bond donors (Lipinski definition) is 1. The Hall–Kier alpha value is -1.40. The average Bonchev–Trinajstić information content (AvgIpc) is 2.25. The Balaban J connectivity index is 2.45. The van der Waals surface area contributed by atoms with Gasteiger partial charge in [0.05, 0.1) is 12.9 Å². The van der Waals surface area contributed by atoms with E-state index < -0.39 is 22.0 Å². The maximum absolute atomic E-state index is 11.4. The second-order valence-corrected chi connectivity index (χ2v) is 5.43. The molecule has 0 bridgehead atoms. The van der Waals surface area contributed by atoms with Crippen LogP contribution in [0.4, 0.5) is 0 Å². The fourth-order valence-corrected chi connectivity index (χ4v) is 1.67. The molecule has 1 unspecified atom stereocenters. The van der Waals surface area contributed by atoms with Gasteiger partial charge >= 0.3 is 0 Å². The minimum atomic E-state index is -3.53. The molecule has 0 aromatic heterocycles. The minimum Gasteiger partial charge on any atom is -0.364 e. The Morgan fingerprint density at radius 3 is 2.47 bits per heavy atom. The Kier molecular flexibility index (Phi) is 4.65. The summed E-state index contributed by atoms with van der Waals surface area (Å²) in [6, 6.07) is 9.32. The number of hydrogen-bond acceptors (Lipinski definition) is 4. The van der Waals surface area contributed by atoms with Crippen molar-refractivity contribution in [1.29, 1.82) is 0 Å². The molecule has 0 radical (unpaired) electrons. The molecule has 1 atom stereocenters. The van der Waals surface area contributed by atoms with Crippen molar-refractivity contribution in [2.45, 2.75) is 19.6 Å². The molecular formula is C11H15NO4S. The van der Waals surface area contributed by atoms with Gasteiger partial charge in [-0.3, -0.25) is 9.52 Å². The lowest BCUT2D eigenvalue weighted by Crippen LogP contribution is -2.37. The van der Waals surface area contributed by atoms with Crippen LogP contribution in [0.1, 0.15) is 12.5 Å². The van der Waals surface area contributed by atoms with E-state index in [0.717, 1.165) is 11.8 Å². The summed E-state index contributed by atoms with van der Waals surface area (Å²) in [5.74, 6) is -0.663. The van der Waals surface area contributed by atoms with Gasteiger partial charge in [-0.15, -0.1) is 0 Å². The van der Waals surface area contributed by atoms with Crippen LogP contribution in [0.25, 0.3) is 0 Å². The highest BCUT2D eigenvalue weighted by atomic mass is 32.2. The molecule has 1 aromatic rings. The first-order valence-electron chi connectivity index (χ1n) is 5.05. The standard InChI is InChI=1S/C11H15NO4S/c1-9(11(13)12-17(2,14)15)16-8-10-6-4-3-5-7-10/h3-7,9H,8H2,1-2H3,(H,12,13). The van der Waals surface area contributed by atoms with Gasteiger partial charge < -0.3 is 4.74 Å². The van der Waals surface area contributed by atoms with E-state index >= 15 is 0 Å². The molecule has 0 aliphatic heterocycles. The first-order valence-corrected chi connectivity index (χ1v) is 6.95. The molecule has 1 rings (SSSR count). The van der Waals surface area contributed by atoms with E-state index in [-0.39, 0.29) is 6.61 Å². The van der Waals surface area contributed by atoms with E-state index in [2.05, 4.69) is 0 Å². The van der Waals surface area contributed by atoms with Gasteiger partial charge in [0.15, 0.2) is 0 Å². The minimum absolute atomic E-state index is 0.263. The third-order valence-electron chi connectivity index (χ3n) is 2.00. The highest BCUT2D eigenvalue weighted by molar-refractivity contribution is 7.89. The summed E-state index contributed by atoms with van der Waals surface area (Å²) in [6.07, 6.45) is 0.111. The number of sulfonamides is 1. The topological polar surface area (TPSA) is 72.5 Å². The Labute approximate surface area is 101 Å². The molecule has 1 N–H and O–H groups in total. The van der Waals surface area contributed by atoms with E-state index in [4.69, 9.17) is 4.74 Å². The van der Waals surface area contributed by atoms with Crippen LogP contribution in [0.3, 0.4) is 0 Å². The van der Waals surface area contributed by atoms with Gasteiger partial charge in [-0.25, -0.2) is 8.42 Å². The maximum atomic E-state index is 11.4. The van der Waals surface area contributed by atoms with Crippen molar-refractivity contribution in [2.75, 3.05) is 6.26 Å². The van der Waals surface area contributed by atoms with E-state index in [0.29, 0.717) is 0 Å². The maximum Gasteiger partial charge on any atom is 0.262 e. The number of ether oxygens (including phenoxy) is 1. The molecule has 0 saturated heterocycles. The predicted octanol–water partition coefficient (Wildman–Crippen LogP) is 0.667. The molecule has 17 heavy (non-hydrogen) atoms. The predicted molar refractivity (Wildman–Crippen MR) is 63.7 cm³/mol. The van der Waals surface area contributed by atoms with Crippen molar-refractivity contribution in [3.63, 3.8) is 0 Å². The van der Waals surface area contributed by atoms with Crippen molar-refractivity contribution in [1.82, 2.24) is 4.72 Å². The average molecular weight is 257 g/mol. The van der Waals surface area contributed by atoms with Gasteiger partial charge in [-0.2, -0.15) is 0 Å². The zero-order valence-corrected chi connectivity index (χ0v) is 10.5. The molecule has 1 amide bonds. The molecule has 5 nitrogen and oxygen atoms in total.